The lowest BCUT2D eigenvalue weighted by molar-refractivity contribution is -0.122. The van der Waals surface area contributed by atoms with Gasteiger partial charge in [0.05, 0.1) is 11.6 Å². The van der Waals surface area contributed by atoms with Crippen LogP contribution in [0, 0.1) is 5.82 Å². The van der Waals surface area contributed by atoms with Crippen LogP contribution in [0.15, 0.2) is 47.4 Å². The number of benzene rings is 2. The fourth-order valence-corrected chi connectivity index (χ4v) is 4.54. The summed E-state index contributed by atoms with van der Waals surface area (Å²) in [6.45, 7) is 3.19. The zero-order chi connectivity index (χ0) is 20.9. The van der Waals surface area contributed by atoms with Crippen molar-refractivity contribution in [3.63, 3.8) is 0 Å². The maximum Gasteiger partial charge on any atom is 0.245 e. The third-order valence-corrected chi connectivity index (χ3v) is 6.63. The SMILES string of the molecule is CCC(C)NC(=O)CN(Cc1ccc(F)cc1)S(=O)(=O)c1cc(Cl)ccc1Cl. The summed E-state index contributed by atoms with van der Waals surface area (Å²) in [5.41, 5.74) is 0.527. The molecule has 1 N–H and O–H groups in total. The zero-order valence-corrected chi connectivity index (χ0v) is 17.8. The van der Waals surface area contributed by atoms with E-state index in [1.54, 1.807) is 0 Å². The Labute approximate surface area is 174 Å². The molecular formula is C19H21Cl2FN2O3S. The van der Waals surface area contributed by atoms with Gasteiger partial charge in [0, 0.05) is 17.6 Å². The van der Waals surface area contributed by atoms with E-state index in [1.165, 1.54) is 42.5 Å². The molecule has 0 aromatic heterocycles. The van der Waals surface area contributed by atoms with Crippen molar-refractivity contribution in [1.82, 2.24) is 9.62 Å². The van der Waals surface area contributed by atoms with E-state index in [-0.39, 0.29) is 27.5 Å². The molecule has 0 fully saturated rings. The second-order valence-corrected chi connectivity index (χ2v) is 9.10. The average molecular weight is 447 g/mol. The van der Waals surface area contributed by atoms with Gasteiger partial charge in [-0.3, -0.25) is 4.79 Å². The Bertz CT molecular complexity index is 937. The molecule has 0 saturated heterocycles. The summed E-state index contributed by atoms with van der Waals surface area (Å²) < 4.78 is 40.6. The molecule has 2 rings (SSSR count). The molecule has 28 heavy (non-hydrogen) atoms. The lowest BCUT2D eigenvalue weighted by atomic mass is 10.2. The molecule has 0 heterocycles. The third-order valence-electron chi connectivity index (χ3n) is 4.12. The van der Waals surface area contributed by atoms with Gasteiger partial charge in [0.2, 0.25) is 15.9 Å². The van der Waals surface area contributed by atoms with Crippen molar-refractivity contribution in [1.29, 1.82) is 0 Å². The van der Waals surface area contributed by atoms with Crippen molar-refractivity contribution in [2.45, 2.75) is 37.8 Å². The predicted molar refractivity (Wildman–Crippen MR) is 108 cm³/mol. The summed E-state index contributed by atoms with van der Waals surface area (Å²) >= 11 is 12.0. The summed E-state index contributed by atoms with van der Waals surface area (Å²) in [4.78, 5) is 12.2. The molecule has 1 atom stereocenters. The number of carbonyl (C=O) groups excluding carboxylic acids is 1. The molecule has 0 bridgehead atoms. The number of sulfonamides is 1. The Balaban J connectivity index is 2.39. The Morgan fingerprint density at radius 3 is 2.43 bits per heavy atom. The number of hydrogen-bond donors (Lipinski definition) is 1. The number of halogens is 3. The Morgan fingerprint density at radius 1 is 1.18 bits per heavy atom. The van der Waals surface area contributed by atoms with Crippen LogP contribution in [-0.2, 0) is 21.4 Å². The van der Waals surface area contributed by atoms with E-state index in [0.29, 0.717) is 12.0 Å². The second kappa shape index (κ2) is 9.69. The molecule has 0 spiro atoms. The van der Waals surface area contributed by atoms with Crippen LogP contribution in [0.4, 0.5) is 4.39 Å². The average Bonchev–Trinajstić information content (AvgIpc) is 2.64. The first-order valence-electron chi connectivity index (χ1n) is 8.62. The number of hydrogen-bond acceptors (Lipinski definition) is 3. The molecule has 0 saturated carbocycles. The summed E-state index contributed by atoms with van der Waals surface area (Å²) in [6, 6.07) is 9.38. The van der Waals surface area contributed by atoms with Crippen LogP contribution in [0.25, 0.3) is 0 Å². The maximum absolute atomic E-state index is 13.2. The number of amides is 1. The molecule has 152 valence electrons. The molecular weight excluding hydrogens is 426 g/mol. The Morgan fingerprint density at radius 2 is 1.82 bits per heavy atom. The first kappa shape index (κ1) is 22.6. The maximum atomic E-state index is 13.2. The van der Waals surface area contributed by atoms with Gasteiger partial charge in [-0.05, 0) is 49.2 Å². The van der Waals surface area contributed by atoms with Crippen molar-refractivity contribution in [2.24, 2.45) is 0 Å². The molecule has 9 heteroatoms. The van der Waals surface area contributed by atoms with Crippen LogP contribution in [0.1, 0.15) is 25.8 Å². The zero-order valence-electron chi connectivity index (χ0n) is 15.5. The van der Waals surface area contributed by atoms with E-state index in [4.69, 9.17) is 23.2 Å². The van der Waals surface area contributed by atoms with E-state index in [0.717, 1.165) is 4.31 Å². The van der Waals surface area contributed by atoms with Crippen molar-refractivity contribution < 1.29 is 17.6 Å². The highest BCUT2D eigenvalue weighted by atomic mass is 35.5. The van der Waals surface area contributed by atoms with E-state index in [2.05, 4.69) is 5.32 Å². The molecule has 0 aliphatic carbocycles. The van der Waals surface area contributed by atoms with Gasteiger partial charge in [0.25, 0.3) is 0 Å². The quantitative estimate of drug-likeness (QED) is 0.659. The summed E-state index contributed by atoms with van der Waals surface area (Å²) in [7, 11) is -4.14. The highest BCUT2D eigenvalue weighted by molar-refractivity contribution is 7.89. The lowest BCUT2D eigenvalue weighted by Gasteiger charge is -2.23. The first-order chi connectivity index (χ1) is 13.1. The van der Waals surface area contributed by atoms with Crippen LogP contribution in [0.3, 0.4) is 0 Å². The molecule has 0 aliphatic heterocycles. The van der Waals surface area contributed by atoms with Gasteiger partial charge in [-0.2, -0.15) is 4.31 Å². The molecule has 0 radical (unpaired) electrons. The summed E-state index contributed by atoms with van der Waals surface area (Å²) in [6.07, 6.45) is 0.705. The Hall–Kier alpha value is -1.67. The lowest BCUT2D eigenvalue weighted by Crippen LogP contribution is -2.43. The predicted octanol–water partition coefficient (Wildman–Crippen LogP) is 4.24. The first-order valence-corrected chi connectivity index (χ1v) is 10.8. The highest BCUT2D eigenvalue weighted by Crippen LogP contribution is 2.28. The molecule has 0 aliphatic rings. The molecule has 2 aromatic carbocycles. The minimum atomic E-state index is -4.14. The normalized spacial score (nSPS) is 12.8. The minimum Gasteiger partial charge on any atom is -0.353 e. The Kier molecular flexibility index (Phi) is 7.83. The molecule has 5 nitrogen and oxygen atoms in total. The largest absolute Gasteiger partial charge is 0.353 e. The van der Waals surface area contributed by atoms with Crippen LogP contribution < -0.4 is 5.32 Å². The van der Waals surface area contributed by atoms with Gasteiger partial charge in [-0.25, -0.2) is 12.8 Å². The number of nitrogens with one attached hydrogen (secondary N) is 1. The molecule has 2 aromatic rings. The van der Waals surface area contributed by atoms with Gasteiger partial charge < -0.3 is 5.32 Å². The standard InChI is InChI=1S/C19H21Cl2FN2O3S/c1-3-13(2)23-19(25)12-24(11-14-4-7-16(22)8-5-14)28(26,27)18-10-15(20)6-9-17(18)21/h4-10,13H,3,11-12H2,1-2H3,(H,23,25). The van der Waals surface area contributed by atoms with Crippen molar-refractivity contribution in [2.75, 3.05) is 6.54 Å². The molecule has 1 unspecified atom stereocenters. The fourth-order valence-electron chi connectivity index (χ4n) is 2.42. The van der Waals surface area contributed by atoms with Crippen molar-refractivity contribution >= 4 is 39.1 Å². The summed E-state index contributed by atoms with van der Waals surface area (Å²) in [5, 5.41) is 2.94. The fraction of sp³-hybridized carbons (Fsp3) is 0.316. The molecule has 1 amide bonds. The van der Waals surface area contributed by atoms with Crippen LogP contribution >= 0.6 is 23.2 Å². The second-order valence-electron chi connectivity index (χ2n) is 6.35. The number of carbonyl (C=O) groups is 1. The van der Waals surface area contributed by atoms with Crippen LogP contribution in [-0.4, -0.2) is 31.2 Å². The van der Waals surface area contributed by atoms with Crippen LogP contribution in [0.5, 0.6) is 0 Å². The van der Waals surface area contributed by atoms with Gasteiger partial charge in [-0.15, -0.1) is 0 Å². The van der Waals surface area contributed by atoms with E-state index < -0.39 is 28.3 Å². The van der Waals surface area contributed by atoms with Crippen LogP contribution in [0.2, 0.25) is 10.0 Å². The van der Waals surface area contributed by atoms with Gasteiger partial charge in [-0.1, -0.05) is 42.3 Å². The monoisotopic (exact) mass is 446 g/mol. The van der Waals surface area contributed by atoms with E-state index in [9.17, 15) is 17.6 Å². The number of nitrogens with zero attached hydrogens (tertiary/aromatic N) is 1. The van der Waals surface area contributed by atoms with Crippen molar-refractivity contribution in [3.8, 4) is 0 Å². The van der Waals surface area contributed by atoms with Gasteiger partial charge in [0.15, 0.2) is 0 Å². The number of rotatable bonds is 8. The van der Waals surface area contributed by atoms with Gasteiger partial charge >= 0.3 is 0 Å². The topological polar surface area (TPSA) is 66.5 Å². The van der Waals surface area contributed by atoms with Gasteiger partial charge in [0.1, 0.15) is 10.7 Å². The van der Waals surface area contributed by atoms with E-state index >= 15 is 0 Å². The smallest absolute Gasteiger partial charge is 0.245 e. The minimum absolute atomic E-state index is 0.00385. The third kappa shape index (κ3) is 5.91. The summed E-state index contributed by atoms with van der Waals surface area (Å²) in [5.74, 6) is -0.885. The highest BCUT2D eigenvalue weighted by Gasteiger charge is 2.29. The van der Waals surface area contributed by atoms with Crippen molar-refractivity contribution in [3.05, 3.63) is 63.9 Å². The van der Waals surface area contributed by atoms with E-state index in [1.807, 2.05) is 13.8 Å².